The number of carbonyl (C=O) groups is 1. The van der Waals surface area contributed by atoms with Crippen molar-refractivity contribution >= 4 is 5.97 Å². The summed E-state index contributed by atoms with van der Waals surface area (Å²) in [5.74, 6) is 1.80. The highest BCUT2D eigenvalue weighted by molar-refractivity contribution is 5.87. The summed E-state index contributed by atoms with van der Waals surface area (Å²) < 4.78 is 5.44. The SMILES string of the molecule is C#CC1(Oc2cc(C(=O)O)ccn2)CC1. The first-order valence-corrected chi connectivity index (χ1v) is 4.51. The lowest BCUT2D eigenvalue weighted by molar-refractivity contribution is 0.0695. The molecule has 0 saturated heterocycles. The number of terminal acetylenes is 1. The van der Waals surface area contributed by atoms with Gasteiger partial charge in [-0.2, -0.15) is 0 Å². The highest BCUT2D eigenvalue weighted by atomic mass is 16.5. The van der Waals surface area contributed by atoms with Crippen molar-refractivity contribution in [2.24, 2.45) is 0 Å². The Kier molecular flexibility index (Phi) is 2.09. The molecule has 1 aromatic rings. The van der Waals surface area contributed by atoms with Crippen molar-refractivity contribution in [2.75, 3.05) is 0 Å². The standard InChI is InChI=1S/C11H9NO3/c1-2-11(4-5-11)15-9-7-8(10(13)14)3-6-12-9/h1,3,6-7H,4-5H2,(H,13,14). The van der Waals surface area contributed by atoms with Crippen LogP contribution >= 0.6 is 0 Å². The minimum absolute atomic E-state index is 0.146. The number of pyridine rings is 1. The molecule has 0 aliphatic heterocycles. The topological polar surface area (TPSA) is 59.4 Å². The number of aromatic carboxylic acids is 1. The second kappa shape index (κ2) is 3.28. The van der Waals surface area contributed by atoms with Crippen LogP contribution in [0.2, 0.25) is 0 Å². The number of hydrogen-bond acceptors (Lipinski definition) is 3. The maximum atomic E-state index is 10.7. The van der Waals surface area contributed by atoms with Crippen LogP contribution in [-0.2, 0) is 0 Å². The van der Waals surface area contributed by atoms with Crippen LogP contribution in [-0.4, -0.2) is 21.7 Å². The minimum atomic E-state index is -1.01. The molecule has 15 heavy (non-hydrogen) atoms. The first-order valence-electron chi connectivity index (χ1n) is 4.51. The Morgan fingerprint density at radius 1 is 1.67 bits per heavy atom. The van der Waals surface area contributed by atoms with E-state index in [-0.39, 0.29) is 11.4 Å². The van der Waals surface area contributed by atoms with Crippen LogP contribution in [0.4, 0.5) is 0 Å². The number of nitrogens with zero attached hydrogens (tertiary/aromatic N) is 1. The van der Waals surface area contributed by atoms with E-state index in [0.717, 1.165) is 12.8 Å². The maximum Gasteiger partial charge on any atom is 0.335 e. The zero-order valence-electron chi connectivity index (χ0n) is 7.93. The molecule has 4 heteroatoms. The van der Waals surface area contributed by atoms with Crippen LogP contribution in [0.25, 0.3) is 0 Å². The van der Waals surface area contributed by atoms with E-state index in [2.05, 4.69) is 10.9 Å². The summed E-state index contributed by atoms with van der Waals surface area (Å²) in [6.45, 7) is 0. The number of hydrogen-bond donors (Lipinski definition) is 1. The van der Waals surface area contributed by atoms with Gasteiger partial charge in [0.2, 0.25) is 5.88 Å². The van der Waals surface area contributed by atoms with Crippen molar-refractivity contribution in [1.29, 1.82) is 0 Å². The summed E-state index contributed by atoms with van der Waals surface area (Å²) in [6, 6.07) is 2.78. The molecule has 0 atom stereocenters. The summed E-state index contributed by atoms with van der Waals surface area (Å²) in [6.07, 6.45) is 8.28. The Hall–Kier alpha value is -2.02. The van der Waals surface area contributed by atoms with Gasteiger partial charge in [-0.05, 0) is 6.07 Å². The van der Waals surface area contributed by atoms with Gasteiger partial charge in [0.1, 0.15) is 0 Å². The molecule has 1 heterocycles. The van der Waals surface area contributed by atoms with Crippen LogP contribution in [0.5, 0.6) is 5.88 Å². The Morgan fingerprint density at radius 2 is 2.40 bits per heavy atom. The molecule has 0 radical (unpaired) electrons. The van der Waals surface area contributed by atoms with Crippen LogP contribution < -0.4 is 4.74 Å². The lowest BCUT2D eigenvalue weighted by Crippen LogP contribution is -2.15. The monoisotopic (exact) mass is 203 g/mol. The molecular weight excluding hydrogens is 194 g/mol. The van der Waals surface area contributed by atoms with E-state index in [0.29, 0.717) is 0 Å². The van der Waals surface area contributed by atoms with E-state index >= 15 is 0 Å². The summed E-state index contributed by atoms with van der Waals surface area (Å²) in [5, 5.41) is 8.76. The van der Waals surface area contributed by atoms with Crippen LogP contribution in [0.15, 0.2) is 18.3 Å². The van der Waals surface area contributed by atoms with E-state index in [1.165, 1.54) is 18.3 Å². The van der Waals surface area contributed by atoms with Crippen LogP contribution in [0, 0.1) is 12.3 Å². The fourth-order valence-electron chi connectivity index (χ4n) is 1.19. The van der Waals surface area contributed by atoms with Crippen molar-refractivity contribution in [3.8, 4) is 18.2 Å². The predicted octanol–water partition coefficient (Wildman–Crippen LogP) is 1.32. The van der Waals surface area contributed by atoms with Gasteiger partial charge in [0.25, 0.3) is 0 Å². The van der Waals surface area contributed by atoms with Crippen molar-refractivity contribution in [2.45, 2.75) is 18.4 Å². The average molecular weight is 203 g/mol. The largest absolute Gasteiger partial charge is 0.478 e. The number of carboxylic acids is 1. The Balaban J connectivity index is 2.19. The Labute approximate surface area is 86.9 Å². The van der Waals surface area contributed by atoms with Gasteiger partial charge in [-0.25, -0.2) is 9.78 Å². The summed E-state index contributed by atoms with van der Waals surface area (Å²) in [5.41, 5.74) is -0.405. The van der Waals surface area contributed by atoms with Gasteiger partial charge in [-0.15, -0.1) is 6.42 Å². The third-order valence-electron chi connectivity index (χ3n) is 2.25. The molecule has 1 saturated carbocycles. The predicted molar refractivity (Wildman–Crippen MR) is 52.6 cm³/mol. The summed E-state index contributed by atoms with van der Waals surface area (Å²) in [7, 11) is 0. The molecule has 0 spiro atoms. The highest BCUT2D eigenvalue weighted by Crippen LogP contribution is 2.38. The molecule has 4 nitrogen and oxygen atoms in total. The van der Waals surface area contributed by atoms with Crippen molar-refractivity contribution < 1.29 is 14.6 Å². The molecule has 0 aromatic carbocycles. The zero-order valence-corrected chi connectivity index (χ0v) is 7.93. The number of aromatic nitrogens is 1. The maximum absolute atomic E-state index is 10.7. The molecule has 2 rings (SSSR count). The quantitative estimate of drug-likeness (QED) is 0.753. The first kappa shape index (κ1) is 9.53. The van der Waals surface area contributed by atoms with Gasteiger partial charge in [-0.3, -0.25) is 0 Å². The second-order valence-electron chi connectivity index (χ2n) is 3.43. The van der Waals surface area contributed by atoms with E-state index in [1.54, 1.807) is 0 Å². The van der Waals surface area contributed by atoms with Crippen molar-refractivity contribution in [1.82, 2.24) is 4.98 Å². The van der Waals surface area contributed by atoms with E-state index < -0.39 is 11.6 Å². The molecule has 1 N–H and O–H groups in total. The Bertz CT molecular complexity index is 443. The average Bonchev–Trinajstić information content (AvgIpc) is 2.99. The van der Waals surface area contributed by atoms with Gasteiger partial charge in [0.05, 0.1) is 5.56 Å². The lowest BCUT2D eigenvalue weighted by atomic mass is 10.3. The third-order valence-corrected chi connectivity index (χ3v) is 2.25. The molecule has 0 unspecified atom stereocenters. The van der Waals surface area contributed by atoms with E-state index in [9.17, 15) is 4.79 Å². The summed E-state index contributed by atoms with van der Waals surface area (Å²) in [4.78, 5) is 14.6. The third kappa shape index (κ3) is 1.91. The molecular formula is C11H9NO3. The fourth-order valence-corrected chi connectivity index (χ4v) is 1.19. The van der Waals surface area contributed by atoms with E-state index in [4.69, 9.17) is 16.3 Å². The van der Waals surface area contributed by atoms with Crippen LogP contribution in [0.1, 0.15) is 23.2 Å². The normalized spacial score (nSPS) is 16.5. The molecule has 1 aliphatic rings. The lowest BCUT2D eigenvalue weighted by Gasteiger charge is -2.10. The van der Waals surface area contributed by atoms with Crippen molar-refractivity contribution in [3.05, 3.63) is 23.9 Å². The minimum Gasteiger partial charge on any atom is -0.478 e. The molecule has 0 bridgehead atoms. The highest BCUT2D eigenvalue weighted by Gasteiger charge is 2.44. The van der Waals surface area contributed by atoms with Crippen molar-refractivity contribution in [3.63, 3.8) is 0 Å². The number of rotatable bonds is 3. The van der Waals surface area contributed by atoms with Gasteiger partial charge < -0.3 is 9.84 Å². The Morgan fingerprint density at radius 3 is 2.93 bits per heavy atom. The molecule has 1 aliphatic carbocycles. The smallest absolute Gasteiger partial charge is 0.335 e. The van der Waals surface area contributed by atoms with Gasteiger partial charge in [0.15, 0.2) is 5.60 Å². The first-order chi connectivity index (χ1) is 7.15. The molecule has 0 amide bonds. The fraction of sp³-hybridized carbons (Fsp3) is 0.273. The number of ether oxygens (including phenoxy) is 1. The molecule has 1 fully saturated rings. The molecule has 1 aromatic heterocycles. The van der Waals surface area contributed by atoms with Gasteiger partial charge in [0, 0.05) is 25.1 Å². The van der Waals surface area contributed by atoms with Gasteiger partial charge >= 0.3 is 5.97 Å². The molecule has 76 valence electrons. The van der Waals surface area contributed by atoms with Crippen LogP contribution in [0.3, 0.4) is 0 Å². The van der Waals surface area contributed by atoms with Gasteiger partial charge in [-0.1, -0.05) is 5.92 Å². The summed E-state index contributed by atoms with van der Waals surface area (Å²) >= 11 is 0. The van der Waals surface area contributed by atoms with E-state index in [1.807, 2.05) is 0 Å². The second-order valence-corrected chi connectivity index (χ2v) is 3.43. The zero-order chi connectivity index (χ0) is 10.9. The number of carboxylic acid groups (broad SMARTS) is 1.